The highest BCUT2D eigenvalue weighted by Gasteiger charge is 2.29. The number of carbonyl (C=O) groups is 3. The van der Waals surface area contributed by atoms with Gasteiger partial charge in [0.05, 0.1) is 6.42 Å². The van der Waals surface area contributed by atoms with Crippen LogP contribution in [0.15, 0.2) is 48.5 Å². The van der Waals surface area contributed by atoms with E-state index in [9.17, 15) is 14.4 Å². The Morgan fingerprint density at radius 1 is 0.857 bits per heavy atom. The van der Waals surface area contributed by atoms with Gasteiger partial charge in [-0.2, -0.15) is 0 Å². The summed E-state index contributed by atoms with van der Waals surface area (Å²) in [7, 11) is 0. The van der Waals surface area contributed by atoms with E-state index < -0.39 is 18.1 Å². The maximum Gasteiger partial charge on any atom is 0.407 e. The third-order valence-electron chi connectivity index (χ3n) is 6.43. The van der Waals surface area contributed by atoms with Crippen LogP contribution in [0.5, 0.6) is 0 Å². The smallest absolute Gasteiger partial charge is 0.407 e. The number of unbranched alkanes of at least 4 members (excludes halogenated alkanes) is 1. The number of rotatable bonds is 13. The number of aliphatic carboxylic acids is 1. The fraction of sp³-hybridized carbons (Fsp3) is 0.464. The first kappa shape index (κ1) is 26.3. The molecule has 2 aromatic carbocycles. The second-order valence-electron chi connectivity index (χ2n) is 9.16. The van der Waals surface area contributed by atoms with Crippen LogP contribution in [0.3, 0.4) is 0 Å². The number of ether oxygens (including phenoxy) is 1. The predicted molar refractivity (Wildman–Crippen MR) is 135 cm³/mol. The molecule has 2 amide bonds. The van der Waals surface area contributed by atoms with Crippen LogP contribution in [0.1, 0.15) is 75.8 Å². The standard InChI is InChI=1S/C28H36N2O5/c1-3-5-11-20(16-26(31)29-19(10-4-2)17-27(32)33)30-28(34)35-18-25-23-14-8-6-12-21(23)22-13-7-9-15-24(22)25/h6-9,12-15,19-20,25H,3-5,10-11,16-18H2,1-2H3,(H,29,31)(H,30,34)(H,32,33)/t19-,20?/m0/s1. The van der Waals surface area contributed by atoms with Crippen molar-refractivity contribution in [2.24, 2.45) is 0 Å². The summed E-state index contributed by atoms with van der Waals surface area (Å²) in [4.78, 5) is 36.4. The van der Waals surface area contributed by atoms with Gasteiger partial charge < -0.3 is 20.5 Å². The van der Waals surface area contributed by atoms with Gasteiger partial charge in [-0.05, 0) is 35.1 Å². The van der Waals surface area contributed by atoms with Crippen molar-refractivity contribution in [3.63, 3.8) is 0 Å². The maximum atomic E-state index is 12.7. The quantitative estimate of drug-likeness (QED) is 0.364. The van der Waals surface area contributed by atoms with Crippen molar-refractivity contribution in [2.75, 3.05) is 6.61 Å². The van der Waals surface area contributed by atoms with Crippen LogP contribution >= 0.6 is 0 Å². The topological polar surface area (TPSA) is 105 Å². The Bertz CT molecular complexity index is 976. The summed E-state index contributed by atoms with van der Waals surface area (Å²) in [6.45, 7) is 4.21. The first-order valence-corrected chi connectivity index (χ1v) is 12.6. The van der Waals surface area contributed by atoms with E-state index in [2.05, 4.69) is 41.8 Å². The lowest BCUT2D eigenvalue weighted by Crippen LogP contribution is -2.43. The Morgan fingerprint density at radius 3 is 2.03 bits per heavy atom. The van der Waals surface area contributed by atoms with E-state index in [4.69, 9.17) is 9.84 Å². The lowest BCUT2D eigenvalue weighted by Gasteiger charge is -2.21. The number of carbonyl (C=O) groups excluding carboxylic acids is 2. The molecule has 0 aromatic heterocycles. The summed E-state index contributed by atoms with van der Waals surface area (Å²) < 4.78 is 5.64. The number of fused-ring (bicyclic) bond motifs is 3. The molecule has 1 aliphatic carbocycles. The molecule has 0 bridgehead atoms. The summed E-state index contributed by atoms with van der Waals surface area (Å²) in [5.74, 6) is -1.23. The van der Waals surface area contributed by atoms with Gasteiger partial charge in [0.25, 0.3) is 0 Å². The number of hydrogen-bond acceptors (Lipinski definition) is 4. The fourth-order valence-corrected chi connectivity index (χ4v) is 4.78. The van der Waals surface area contributed by atoms with Crippen LogP contribution in [-0.4, -0.2) is 41.8 Å². The number of carboxylic acids is 1. The molecule has 35 heavy (non-hydrogen) atoms. The molecule has 2 atom stereocenters. The van der Waals surface area contributed by atoms with Crippen LogP contribution in [0.2, 0.25) is 0 Å². The molecule has 0 saturated heterocycles. The van der Waals surface area contributed by atoms with Crippen molar-refractivity contribution in [2.45, 2.75) is 76.8 Å². The average molecular weight is 481 g/mol. The minimum Gasteiger partial charge on any atom is -0.481 e. The molecular weight excluding hydrogens is 444 g/mol. The zero-order chi connectivity index (χ0) is 25.2. The van der Waals surface area contributed by atoms with Crippen molar-refractivity contribution in [1.82, 2.24) is 10.6 Å². The maximum absolute atomic E-state index is 12.7. The summed E-state index contributed by atoms with van der Waals surface area (Å²) in [5.41, 5.74) is 4.61. The van der Waals surface area contributed by atoms with E-state index in [-0.39, 0.29) is 37.3 Å². The Hall–Kier alpha value is -3.35. The minimum absolute atomic E-state index is 0.0311. The van der Waals surface area contributed by atoms with E-state index in [1.54, 1.807) is 0 Å². The number of amides is 2. The van der Waals surface area contributed by atoms with Gasteiger partial charge in [0.1, 0.15) is 6.61 Å². The van der Waals surface area contributed by atoms with E-state index in [0.29, 0.717) is 12.8 Å². The first-order chi connectivity index (χ1) is 16.9. The molecule has 1 aliphatic rings. The van der Waals surface area contributed by atoms with Crippen LogP contribution in [0, 0.1) is 0 Å². The lowest BCUT2D eigenvalue weighted by atomic mass is 9.98. The molecule has 3 N–H and O–H groups in total. The van der Waals surface area contributed by atoms with Crippen molar-refractivity contribution in [3.8, 4) is 11.1 Å². The van der Waals surface area contributed by atoms with Crippen LogP contribution < -0.4 is 10.6 Å². The van der Waals surface area contributed by atoms with Crippen molar-refractivity contribution < 1.29 is 24.2 Å². The van der Waals surface area contributed by atoms with Crippen molar-refractivity contribution in [3.05, 3.63) is 59.7 Å². The molecule has 2 aromatic rings. The number of hydrogen-bond donors (Lipinski definition) is 3. The van der Waals surface area contributed by atoms with Gasteiger partial charge in [-0.15, -0.1) is 0 Å². The van der Waals surface area contributed by atoms with E-state index >= 15 is 0 Å². The molecule has 0 spiro atoms. The molecule has 1 unspecified atom stereocenters. The third-order valence-corrected chi connectivity index (χ3v) is 6.43. The Balaban J connectivity index is 1.59. The molecule has 7 heteroatoms. The van der Waals surface area contributed by atoms with Gasteiger partial charge >= 0.3 is 12.1 Å². The number of nitrogens with one attached hydrogen (secondary N) is 2. The second-order valence-corrected chi connectivity index (χ2v) is 9.16. The Labute approximate surface area is 207 Å². The van der Waals surface area contributed by atoms with Gasteiger partial charge in [-0.1, -0.05) is 81.6 Å². The SMILES string of the molecule is CCCCC(CC(=O)N[C@@H](CCC)CC(=O)O)NC(=O)OCC1c2ccccc2-c2ccccc21. The molecule has 0 saturated carbocycles. The zero-order valence-corrected chi connectivity index (χ0v) is 20.6. The van der Waals surface area contributed by atoms with Crippen molar-refractivity contribution >= 4 is 18.0 Å². The molecule has 0 radical (unpaired) electrons. The highest BCUT2D eigenvalue weighted by Crippen LogP contribution is 2.44. The molecule has 188 valence electrons. The minimum atomic E-state index is -0.942. The average Bonchev–Trinajstić information content (AvgIpc) is 3.14. The van der Waals surface area contributed by atoms with Crippen LogP contribution in [0.25, 0.3) is 11.1 Å². The van der Waals surface area contributed by atoms with E-state index in [1.165, 1.54) is 0 Å². The Kier molecular flexibility index (Phi) is 9.70. The molecule has 0 heterocycles. The molecule has 0 fully saturated rings. The summed E-state index contributed by atoms with van der Waals surface area (Å²) >= 11 is 0. The third kappa shape index (κ3) is 7.31. The number of benzene rings is 2. The number of alkyl carbamates (subject to hydrolysis) is 1. The highest BCUT2D eigenvalue weighted by atomic mass is 16.5. The van der Waals surface area contributed by atoms with Crippen LogP contribution in [-0.2, 0) is 14.3 Å². The molecule has 3 rings (SSSR count). The second kappa shape index (κ2) is 12.9. The summed E-state index contributed by atoms with van der Waals surface area (Å²) in [5, 5.41) is 14.8. The highest BCUT2D eigenvalue weighted by molar-refractivity contribution is 5.80. The monoisotopic (exact) mass is 480 g/mol. The summed E-state index contributed by atoms with van der Waals surface area (Å²) in [6, 6.07) is 15.5. The largest absolute Gasteiger partial charge is 0.481 e. The summed E-state index contributed by atoms with van der Waals surface area (Å²) in [6.07, 6.45) is 3.23. The molecule has 0 aliphatic heterocycles. The Morgan fingerprint density at radius 2 is 1.46 bits per heavy atom. The van der Waals surface area contributed by atoms with Gasteiger partial charge in [0.15, 0.2) is 0 Å². The fourth-order valence-electron chi connectivity index (χ4n) is 4.78. The first-order valence-electron chi connectivity index (χ1n) is 12.6. The van der Waals surface area contributed by atoms with Gasteiger partial charge in [0.2, 0.25) is 5.91 Å². The van der Waals surface area contributed by atoms with Gasteiger partial charge in [-0.3, -0.25) is 9.59 Å². The molecule has 7 nitrogen and oxygen atoms in total. The van der Waals surface area contributed by atoms with Gasteiger partial charge in [-0.25, -0.2) is 4.79 Å². The zero-order valence-electron chi connectivity index (χ0n) is 20.6. The number of carboxylic acid groups (broad SMARTS) is 1. The molecular formula is C28H36N2O5. The van der Waals surface area contributed by atoms with E-state index in [0.717, 1.165) is 41.5 Å². The van der Waals surface area contributed by atoms with E-state index in [1.807, 2.05) is 31.2 Å². The predicted octanol–water partition coefficient (Wildman–Crippen LogP) is 5.23. The van der Waals surface area contributed by atoms with Crippen molar-refractivity contribution in [1.29, 1.82) is 0 Å². The normalized spacial score (nSPS) is 13.9. The van der Waals surface area contributed by atoms with Crippen LogP contribution in [0.4, 0.5) is 4.79 Å². The lowest BCUT2D eigenvalue weighted by molar-refractivity contribution is -0.137. The van der Waals surface area contributed by atoms with Gasteiger partial charge in [0, 0.05) is 24.4 Å².